The molecule has 0 spiro atoms. The third-order valence-corrected chi connectivity index (χ3v) is 1.58. The first kappa shape index (κ1) is 9.96. The Hall–Kier alpha value is -0.0400. The monoisotopic (exact) mass is 144 g/mol. The van der Waals surface area contributed by atoms with Crippen LogP contribution in [0.25, 0.3) is 0 Å². The van der Waals surface area contributed by atoms with Crippen LogP contribution in [0.3, 0.4) is 0 Å². The van der Waals surface area contributed by atoms with Crippen molar-refractivity contribution in [1.82, 2.24) is 0 Å². The van der Waals surface area contributed by atoms with Crippen molar-refractivity contribution in [2.45, 2.75) is 40.5 Å². The third-order valence-electron chi connectivity index (χ3n) is 1.58. The summed E-state index contributed by atoms with van der Waals surface area (Å²) in [7, 11) is 0. The van der Waals surface area contributed by atoms with Gasteiger partial charge >= 0.3 is 0 Å². The summed E-state index contributed by atoms with van der Waals surface area (Å²) < 4.78 is 0. The standard InChI is InChI=1S/C9H20O/c1-8(5-6-10)7-9(2,3)4/h8,10H,5-7H2,1-4H3/t8-/m1/s1. The summed E-state index contributed by atoms with van der Waals surface area (Å²) in [5.74, 6) is 0.657. The second kappa shape index (κ2) is 3.97. The van der Waals surface area contributed by atoms with E-state index in [0.29, 0.717) is 17.9 Å². The first-order valence-corrected chi connectivity index (χ1v) is 4.06. The van der Waals surface area contributed by atoms with Crippen molar-refractivity contribution in [2.75, 3.05) is 6.61 Å². The van der Waals surface area contributed by atoms with E-state index in [1.165, 1.54) is 6.42 Å². The van der Waals surface area contributed by atoms with E-state index in [9.17, 15) is 0 Å². The van der Waals surface area contributed by atoms with Crippen molar-refractivity contribution in [3.63, 3.8) is 0 Å². The van der Waals surface area contributed by atoms with Crippen LogP contribution in [0, 0.1) is 11.3 Å². The molecule has 0 aromatic carbocycles. The summed E-state index contributed by atoms with van der Waals surface area (Å²) in [6.07, 6.45) is 2.14. The van der Waals surface area contributed by atoms with E-state index in [1.807, 2.05) is 0 Å². The van der Waals surface area contributed by atoms with Gasteiger partial charge in [0.05, 0.1) is 0 Å². The molecular formula is C9H20O. The van der Waals surface area contributed by atoms with E-state index in [4.69, 9.17) is 5.11 Å². The van der Waals surface area contributed by atoms with E-state index < -0.39 is 0 Å². The number of rotatable bonds is 3. The van der Waals surface area contributed by atoms with E-state index in [2.05, 4.69) is 27.7 Å². The first-order valence-electron chi connectivity index (χ1n) is 4.06. The Balaban J connectivity index is 3.47. The summed E-state index contributed by atoms with van der Waals surface area (Å²) in [5, 5.41) is 8.63. The van der Waals surface area contributed by atoms with Gasteiger partial charge in [-0.15, -0.1) is 0 Å². The zero-order valence-electron chi connectivity index (χ0n) is 7.65. The molecule has 0 heterocycles. The SMILES string of the molecule is C[C@H](CCO)CC(C)(C)C. The van der Waals surface area contributed by atoms with Crippen molar-refractivity contribution < 1.29 is 5.11 Å². The molecule has 0 saturated heterocycles. The normalized spacial score (nSPS) is 15.3. The van der Waals surface area contributed by atoms with E-state index in [0.717, 1.165) is 6.42 Å². The fourth-order valence-electron chi connectivity index (χ4n) is 1.37. The van der Waals surface area contributed by atoms with Gasteiger partial charge in [-0.05, 0) is 24.2 Å². The van der Waals surface area contributed by atoms with Crippen molar-refractivity contribution >= 4 is 0 Å². The predicted octanol–water partition coefficient (Wildman–Crippen LogP) is 2.44. The van der Waals surface area contributed by atoms with Crippen LogP contribution in [0.1, 0.15) is 40.5 Å². The van der Waals surface area contributed by atoms with Crippen molar-refractivity contribution in [3.8, 4) is 0 Å². The highest BCUT2D eigenvalue weighted by Crippen LogP contribution is 2.25. The van der Waals surface area contributed by atoms with Gasteiger partial charge in [-0.3, -0.25) is 0 Å². The predicted molar refractivity (Wildman–Crippen MR) is 44.9 cm³/mol. The van der Waals surface area contributed by atoms with Crippen LogP contribution in [-0.2, 0) is 0 Å². The van der Waals surface area contributed by atoms with Crippen molar-refractivity contribution in [3.05, 3.63) is 0 Å². The lowest BCUT2D eigenvalue weighted by atomic mass is 9.84. The molecule has 0 fully saturated rings. The van der Waals surface area contributed by atoms with E-state index in [-0.39, 0.29) is 0 Å². The molecule has 0 aliphatic rings. The second-order valence-electron chi connectivity index (χ2n) is 4.38. The van der Waals surface area contributed by atoms with Crippen LogP contribution >= 0.6 is 0 Å². The lowest BCUT2D eigenvalue weighted by molar-refractivity contribution is 0.227. The van der Waals surface area contributed by atoms with Crippen LogP contribution in [0.4, 0.5) is 0 Å². The highest BCUT2D eigenvalue weighted by atomic mass is 16.3. The zero-order chi connectivity index (χ0) is 8.20. The first-order chi connectivity index (χ1) is 4.45. The highest BCUT2D eigenvalue weighted by Gasteiger charge is 2.14. The number of hydrogen-bond acceptors (Lipinski definition) is 1. The molecule has 0 aliphatic heterocycles. The molecule has 1 heteroatoms. The molecule has 0 amide bonds. The smallest absolute Gasteiger partial charge is 0.0433 e. The summed E-state index contributed by atoms with van der Waals surface area (Å²) in [4.78, 5) is 0. The molecule has 0 saturated carbocycles. The van der Waals surface area contributed by atoms with Gasteiger partial charge in [-0.25, -0.2) is 0 Å². The molecule has 0 aliphatic carbocycles. The summed E-state index contributed by atoms with van der Waals surface area (Å²) in [6, 6.07) is 0. The Kier molecular flexibility index (Phi) is 3.95. The van der Waals surface area contributed by atoms with E-state index in [1.54, 1.807) is 0 Å². The van der Waals surface area contributed by atoms with Crippen LogP contribution in [-0.4, -0.2) is 11.7 Å². The molecule has 0 radical (unpaired) electrons. The van der Waals surface area contributed by atoms with Gasteiger partial charge in [0, 0.05) is 6.61 Å². The van der Waals surface area contributed by atoms with E-state index >= 15 is 0 Å². The average Bonchev–Trinajstić information content (AvgIpc) is 1.59. The maximum absolute atomic E-state index is 8.63. The Morgan fingerprint density at radius 1 is 1.30 bits per heavy atom. The minimum Gasteiger partial charge on any atom is -0.396 e. The van der Waals surface area contributed by atoms with Crippen LogP contribution in [0.2, 0.25) is 0 Å². The van der Waals surface area contributed by atoms with Gasteiger partial charge in [0.25, 0.3) is 0 Å². The molecule has 0 bridgehead atoms. The molecule has 1 atom stereocenters. The van der Waals surface area contributed by atoms with Gasteiger partial charge in [0.1, 0.15) is 0 Å². The molecule has 62 valence electrons. The summed E-state index contributed by atoms with van der Waals surface area (Å²) >= 11 is 0. The third kappa shape index (κ3) is 6.09. The maximum Gasteiger partial charge on any atom is 0.0433 e. The summed E-state index contributed by atoms with van der Waals surface area (Å²) in [6.45, 7) is 9.24. The van der Waals surface area contributed by atoms with Crippen molar-refractivity contribution in [2.24, 2.45) is 11.3 Å². The van der Waals surface area contributed by atoms with Crippen LogP contribution < -0.4 is 0 Å². The molecule has 1 nitrogen and oxygen atoms in total. The Labute approximate surface area is 64.5 Å². The summed E-state index contributed by atoms with van der Waals surface area (Å²) in [5.41, 5.74) is 0.411. The molecule has 0 aromatic rings. The highest BCUT2D eigenvalue weighted by molar-refractivity contribution is 4.65. The quantitative estimate of drug-likeness (QED) is 0.645. The lowest BCUT2D eigenvalue weighted by Gasteiger charge is -2.22. The van der Waals surface area contributed by atoms with Gasteiger partial charge in [0.15, 0.2) is 0 Å². The lowest BCUT2D eigenvalue weighted by Crippen LogP contribution is -2.11. The molecule has 0 aromatic heterocycles. The van der Waals surface area contributed by atoms with Gasteiger partial charge < -0.3 is 5.11 Å². The maximum atomic E-state index is 8.63. The number of aliphatic hydroxyl groups is 1. The molecule has 0 unspecified atom stereocenters. The average molecular weight is 144 g/mol. The molecule has 10 heavy (non-hydrogen) atoms. The fraction of sp³-hybridized carbons (Fsp3) is 1.00. The Morgan fingerprint density at radius 3 is 2.10 bits per heavy atom. The van der Waals surface area contributed by atoms with Crippen molar-refractivity contribution in [1.29, 1.82) is 0 Å². The largest absolute Gasteiger partial charge is 0.396 e. The molecule has 0 rings (SSSR count). The molecular weight excluding hydrogens is 124 g/mol. The second-order valence-corrected chi connectivity index (χ2v) is 4.38. The number of hydrogen-bond donors (Lipinski definition) is 1. The van der Waals surface area contributed by atoms with Gasteiger partial charge in [-0.1, -0.05) is 27.7 Å². The van der Waals surface area contributed by atoms with Gasteiger partial charge in [-0.2, -0.15) is 0 Å². The minimum absolute atomic E-state index is 0.331. The zero-order valence-corrected chi connectivity index (χ0v) is 7.65. The van der Waals surface area contributed by atoms with Gasteiger partial charge in [0.2, 0.25) is 0 Å². The Bertz CT molecular complexity index is 81.2. The Morgan fingerprint density at radius 2 is 1.80 bits per heavy atom. The van der Waals surface area contributed by atoms with Crippen LogP contribution in [0.5, 0.6) is 0 Å². The number of aliphatic hydroxyl groups excluding tert-OH is 1. The molecule has 1 N–H and O–H groups in total. The minimum atomic E-state index is 0.331. The fourth-order valence-corrected chi connectivity index (χ4v) is 1.37. The topological polar surface area (TPSA) is 20.2 Å². The van der Waals surface area contributed by atoms with Crippen LogP contribution in [0.15, 0.2) is 0 Å².